The van der Waals surface area contributed by atoms with Gasteiger partial charge < -0.3 is 25.0 Å². The number of aliphatic imine (C=N–C) groups is 1. The maximum atomic E-state index is 12.2. The topological polar surface area (TPSA) is 75.2 Å². The molecule has 0 atom stereocenters. The number of guanidine groups is 1. The van der Waals surface area contributed by atoms with Crippen molar-refractivity contribution in [2.75, 3.05) is 45.9 Å². The molecule has 156 valence electrons. The van der Waals surface area contributed by atoms with Crippen molar-refractivity contribution in [2.24, 2.45) is 4.99 Å². The fourth-order valence-corrected chi connectivity index (χ4v) is 3.13. The van der Waals surface area contributed by atoms with Crippen LogP contribution in [0.4, 0.5) is 0 Å². The second-order valence-corrected chi connectivity index (χ2v) is 6.61. The summed E-state index contributed by atoms with van der Waals surface area (Å²) in [6, 6.07) is 6.03. The van der Waals surface area contributed by atoms with E-state index >= 15 is 0 Å². The van der Waals surface area contributed by atoms with Crippen molar-refractivity contribution in [3.05, 3.63) is 23.8 Å². The van der Waals surface area contributed by atoms with Crippen molar-refractivity contribution < 1.29 is 14.3 Å². The van der Waals surface area contributed by atoms with Gasteiger partial charge in [-0.05, 0) is 57.7 Å². The number of hydrogen-bond acceptors (Lipinski definition) is 4. The van der Waals surface area contributed by atoms with E-state index < -0.39 is 0 Å². The Kier molecular flexibility index (Phi) is 9.45. The van der Waals surface area contributed by atoms with Gasteiger partial charge in [-0.1, -0.05) is 6.07 Å². The monoisotopic (exact) mass is 390 g/mol. The van der Waals surface area contributed by atoms with Crippen LogP contribution in [-0.2, 0) is 11.2 Å². The maximum absolute atomic E-state index is 12.2. The lowest BCUT2D eigenvalue weighted by atomic mass is 10.1. The number of carbonyl (C=O) groups is 1. The van der Waals surface area contributed by atoms with Gasteiger partial charge in [0.1, 0.15) is 6.54 Å². The van der Waals surface area contributed by atoms with E-state index in [9.17, 15) is 4.79 Å². The van der Waals surface area contributed by atoms with Crippen LogP contribution in [-0.4, -0.2) is 62.7 Å². The van der Waals surface area contributed by atoms with Gasteiger partial charge in [-0.3, -0.25) is 4.79 Å². The largest absolute Gasteiger partial charge is 0.490 e. The molecule has 7 nitrogen and oxygen atoms in total. The van der Waals surface area contributed by atoms with E-state index in [0.717, 1.165) is 56.0 Å². The van der Waals surface area contributed by atoms with Gasteiger partial charge in [-0.15, -0.1) is 0 Å². The Hall–Kier alpha value is -2.44. The van der Waals surface area contributed by atoms with Gasteiger partial charge in [0.25, 0.3) is 0 Å². The molecule has 1 aliphatic rings. The minimum absolute atomic E-state index is 0.0996. The number of likely N-dealkylation sites (tertiary alicyclic amines) is 1. The normalized spacial score (nSPS) is 14.1. The zero-order chi connectivity index (χ0) is 20.2. The summed E-state index contributed by atoms with van der Waals surface area (Å²) in [5, 5.41) is 6.50. The summed E-state index contributed by atoms with van der Waals surface area (Å²) >= 11 is 0. The number of carbonyl (C=O) groups excluding carboxylic acids is 1. The van der Waals surface area contributed by atoms with E-state index in [1.165, 1.54) is 0 Å². The number of benzene rings is 1. The third-order valence-corrected chi connectivity index (χ3v) is 4.49. The van der Waals surface area contributed by atoms with Crippen LogP contribution >= 0.6 is 0 Å². The van der Waals surface area contributed by atoms with Crippen LogP contribution in [0.3, 0.4) is 0 Å². The Balaban J connectivity index is 1.88. The zero-order valence-electron chi connectivity index (χ0n) is 17.4. The average molecular weight is 391 g/mol. The Labute approximate surface area is 168 Å². The van der Waals surface area contributed by atoms with E-state index in [1.807, 2.05) is 37.8 Å². The lowest BCUT2D eigenvalue weighted by molar-refractivity contribution is -0.128. The Bertz CT molecular complexity index is 643. The maximum Gasteiger partial charge on any atom is 0.244 e. The van der Waals surface area contributed by atoms with Crippen LogP contribution < -0.4 is 20.1 Å². The van der Waals surface area contributed by atoms with Gasteiger partial charge in [0, 0.05) is 26.2 Å². The molecule has 0 saturated carbocycles. The fourth-order valence-electron chi connectivity index (χ4n) is 3.13. The van der Waals surface area contributed by atoms with Gasteiger partial charge in [-0.2, -0.15) is 0 Å². The number of ether oxygens (including phenoxy) is 2. The van der Waals surface area contributed by atoms with Gasteiger partial charge in [0.15, 0.2) is 17.5 Å². The smallest absolute Gasteiger partial charge is 0.244 e. The van der Waals surface area contributed by atoms with E-state index in [1.54, 1.807) is 0 Å². The number of rotatable bonds is 10. The number of nitrogens with zero attached hydrogens (tertiary/aromatic N) is 2. The molecule has 1 saturated heterocycles. The van der Waals surface area contributed by atoms with E-state index in [-0.39, 0.29) is 12.5 Å². The van der Waals surface area contributed by atoms with Gasteiger partial charge >= 0.3 is 0 Å². The van der Waals surface area contributed by atoms with Crippen molar-refractivity contribution in [3.8, 4) is 11.5 Å². The molecule has 7 heteroatoms. The van der Waals surface area contributed by atoms with E-state index in [4.69, 9.17) is 9.47 Å². The summed E-state index contributed by atoms with van der Waals surface area (Å²) in [6.07, 6.45) is 3.01. The molecule has 0 aliphatic carbocycles. The Morgan fingerprint density at radius 3 is 2.46 bits per heavy atom. The molecule has 1 fully saturated rings. The van der Waals surface area contributed by atoms with Gasteiger partial charge in [-0.25, -0.2) is 4.99 Å². The van der Waals surface area contributed by atoms with Crippen LogP contribution in [0, 0.1) is 0 Å². The van der Waals surface area contributed by atoms with E-state index in [2.05, 4.69) is 21.7 Å². The third kappa shape index (κ3) is 6.94. The molecular formula is C21H34N4O3. The van der Waals surface area contributed by atoms with Crippen molar-refractivity contribution in [1.82, 2.24) is 15.5 Å². The number of hydrogen-bond donors (Lipinski definition) is 2. The highest BCUT2D eigenvalue weighted by Gasteiger charge is 2.17. The molecule has 0 aromatic heterocycles. The lowest BCUT2D eigenvalue weighted by Gasteiger charge is -2.15. The number of amides is 1. The quantitative estimate of drug-likeness (QED) is 0.473. The van der Waals surface area contributed by atoms with Crippen molar-refractivity contribution >= 4 is 11.9 Å². The molecule has 1 amide bonds. The first-order valence-corrected chi connectivity index (χ1v) is 10.4. The summed E-state index contributed by atoms with van der Waals surface area (Å²) in [7, 11) is 0. The molecule has 0 radical (unpaired) electrons. The SMILES string of the molecule is CCNC(=NCC(=O)N1CCCC1)NCCc1ccc(OCC)c(OCC)c1. The summed E-state index contributed by atoms with van der Waals surface area (Å²) < 4.78 is 11.3. The number of nitrogens with one attached hydrogen (secondary N) is 2. The molecule has 1 heterocycles. The highest BCUT2D eigenvalue weighted by molar-refractivity contribution is 5.85. The first-order chi connectivity index (χ1) is 13.7. The molecular weight excluding hydrogens is 356 g/mol. The second kappa shape index (κ2) is 12.1. The van der Waals surface area contributed by atoms with Crippen molar-refractivity contribution in [1.29, 1.82) is 0 Å². The van der Waals surface area contributed by atoms with Crippen LogP contribution in [0.1, 0.15) is 39.2 Å². The summed E-state index contributed by atoms with van der Waals surface area (Å²) in [4.78, 5) is 18.5. The summed E-state index contributed by atoms with van der Waals surface area (Å²) in [5.41, 5.74) is 1.16. The highest BCUT2D eigenvalue weighted by atomic mass is 16.5. The third-order valence-electron chi connectivity index (χ3n) is 4.49. The van der Waals surface area contributed by atoms with Crippen LogP contribution in [0.2, 0.25) is 0 Å². The molecule has 0 bridgehead atoms. The van der Waals surface area contributed by atoms with Crippen LogP contribution in [0.5, 0.6) is 11.5 Å². The molecule has 1 aliphatic heterocycles. The molecule has 0 spiro atoms. The first kappa shape index (κ1) is 21.9. The first-order valence-electron chi connectivity index (χ1n) is 10.4. The second-order valence-electron chi connectivity index (χ2n) is 6.61. The van der Waals surface area contributed by atoms with Crippen molar-refractivity contribution in [2.45, 2.75) is 40.0 Å². The molecule has 28 heavy (non-hydrogen) atoms. The Morgan fingerprint density at radius 2 is 1.79 bits per heavy atom. The average Bonchev–Trinajstić information content (AvgIpc) is 3.23. The Morgan fingerprint density at radius 1 is 1.07 bits per heavy atom. The van der Waals surface area contributed by atoms with Crippen LogP contribution in [0.25, 0.3) is 0 Å². The standard InChI is InChI=1S/C21H34N4O3/c1-4-22-21(24-16-20(26)25-13-7-8-14-25)23-12-11-17-9-10-18(27-5-2)19(15-17)28-6-3/h9-10,15H,4-8,11-14,16H2,1-3H3,(H2,22,23,24). The van der Waals surface area contributed by atoms with Crippen molar-refractivity contribution in [3.63, 3.8) is 0 Å². The van der Waals surface area contributed by atoms with Gasteiger partial charge in [0.2, 0.25) is 5.91 Å². The highest BCUT2D eigenvalue weighted by Crippen LogP contribution is 2.28. The molecule has 2 N–H and O–H groups in total. The van der Waals surface area contributed by atoms with E-state index in [0.29, 0.717) is 25.7 Å². The minimum Gasteiger partial charge on any atom is -0.490 e. The lowest BCUT2D eigenvalue weighted by Crippen LogP contribution is -2.39. The van der Waals surface area contributed by atoms with Crippen LogP contribution in [0.15, 0.2) is 23.2 Å². The predicted octanol–water partition coefficient (Wildman–Crippen LogP) is 2.20. The zero-order valence-corrected chi connectivity index (χ0v) is 17.4. The summed E-state index contributed by atoms with van der Waals surface area (Å²) in [6.45, 7) is 10.5. The fraction of sp³-hybridized carbons (Fsp3) is 0.619. The molecule has 2 rings (SSSR count). The molecule has 1 aromatic rings. The molecule has 1 aromatic carbocycles. The minimum atomic E-state index is 0.0996. The summed E-state index contributed by atoms with van der Waals surface area (Å²) in [5.74, 6) is 2.32. The predicted molar refractivity (Wildman–Crippen MR) is 112 cm³/mol. The molecule has 0 unspecified atom stereocenters. The van der Waals surface area contributed by atoms with Gasteiger partial charge in [0.05, 0.1) is 13.2 Å².